The Hall–Kier alpha value is -2.50. The summed E-state index contributed by atoms with van der Waals surface area (Å²) < 4.78 is 56.5. The lowest BCUT2D eigenvalue weighted by Crippen LogP contribution is -2.31. The molecule has 1 aliphatic heterocycles. The molecular weight excluding hydrogens is 470 g/mol. The molecule has 1 heterocycles. The van der Waals surface area contributed by atoms with E-state index in [1.165, 1.54) is 16.4 Å². The summed E-state index contributed by atoms with van der Waals surface area (Å²) in [5.74, 6) is 0.0417. The molecule has 0 amide bonds. The number of halogens is 2. The van der Waals surface area contributed by atoms with Gasteiger partial charge in [0, 0.05) is 31.9 Å². The average Bonchev–Trinajstić information content (AvgIpc) is 3.30. The van der Waals surface area contributed by atoms with Gasteiger partial charge >= 0.3 is 6.61 Å². The van der Waals surface area contributed by atoms with Gasteiger partial charge in [0.2, 0.25) is 10.0 Å². The molecule has 2 aromatic carbocycles. The van der Waals surface area contributed by atoms with Gasteiger partial charge in [0.15, 0.2) is 5.11 Å². The summed E-state index contributed by atoms with van der Waals surface area (Å²) in [7, 11) is -3.64. The van der Waals surface area contributed by atoms with Gasteiger partial charge in [-0.1, -0.05) is 13.8 Å². The standard InChI is InChI=1S/C22H28F2N4O3S2/c1-3-28(4-2)33(29,30)18-11-12-20(27-13-5-6-14-27)19(15-18)26-22(32)25-16-7-9-17(10-8-16)31-21(23)24/h7-12,15,21H,3-6,13-14H2,1-2H3,(H2,25,26,32). The zero-order valence-corrected chi connectivity index (χ0v) is 20.2. The predicted molar refractivity (Wildman–Crippen MR) is 131 cm³/mol. The van der Waals surface area contributed by atoms with Gasteiger partial charge in [-0.3, -0.25) is 0 Å². The van der Waals surface area contributed by atoms with Crippen LogP contribution in [0.25, 0.3) is 0 Å². The molecule has 3 rings (SSSR count). The van der Waals surface area contributed by atoms with Crippen molar-refractivity contribution in [3.8, 4) is 5.75 Å². The van der Waals surface area contributed by atoms with Crippen LogP contribution in [-0.2, 0) is 10.0 Å². The second kappa shape index (κ2) is 11.1. The van der Waals surface area contributed by atoms with Crippen molar-refractivity contribution in [3.63, 3.8) is 0 Å². The number of hydrogen-bond donors (Lipinski definition) is 2. The first kappa shape index (κ1) is 25.1. The fourth-order valence-electron chi connectivity index (χ4n) is 3.73. The third-order valence-corrected chi connectivity index (χ3v) is 7.59. The summed E-state index contributed by atoms with van der Waals surface area (Å²) in [5.41, 5.74) is 2.03. The Kier molecular flexibility index (Phi) is 8.44. The van der Waals surface area contributed by atoms with Crippen LogP contribution < -0.4 is 20.3 Å². The summed E-state index contributed by atoms with van der Waals surface area (Å²) in [6.07, 6.45) is 2.13. The molecule has 2 aromatic rings. The van der Waals surface area contributed by atoms with Crippen LogP contribution in [0, 0.1) is 0 Å². The minimum atomic E-state index is -3.64. The van der Waals surface area contributed by atoms with Crippen LogP contribution in [0.2, 0.25) is 0 Å². The van der Waals surface area contributed by atoms with E-state index in [1.54, 1.807) is 38.1 Å². The second-order valence-electron chi connectivity index (χ2n) is 7.44. The van der Waals surface area contributed by atoms with E-state index >= 15 is 0 Å². The molecule has 1 fully saturated rings. The van der Waals surface area contributed by atoms with E-state index in [4.69, 9.17) is 12.2 Å². The Morgan fingerprint density at radius 3 is 2.30 bits per heavy atom. The maximum atomic E-state index is 13.0. The van der Waals surface area contributed by atoms with Gasteiger partial charge in [-0.2, -0.15) is 13.1 Å². The summed E-state index contributed by atoms with van der Waals surface area (Å²) in [4.78, 5) is 2.38. The summed E-state index contributed by atoms with van der Waals surface area (Å²) in [5, 5.41) is 6.35. The highest BCUT2D eigenvalue weighted by molar-refractivity contribution is 7.89. The third kappa shape index (κ3) is 6.30. The van der Waals surface area contributed by atoms with Crippen LogP contribution in [0.1, 0.15) is 26.7 Å². The van der Waals surface area contributed by atoms with E-state index < -0.39 is 16.6 Å². The first-order valence-corrected chi connectivity index (χ1v) is 12.6. The monoisotopic (exact) mass is 498 g/mol. The third-order valence-electron chi connectivity index (χ3n) is 5.34. The van der Waals surface area contributed by atoms with Crippen LogP contribution >= 0.6 is 12.2 Å². The molecule has 0 spiro atoms. The van der Waals surface area contributed by atoms with E-state index in [9.17, 15) is 17.2 Å². The zero-order chi connectivity index (χ0) is 24.0. The Morgan fingerprint density at radius 2 is 1.73 bits per heavy atom. The molecule has 180 valence electrons. The van der Waals surface area contributed by atoms with Gasteiger partial charge in [0.25, 0.3) is 0 Å². The van der Waals surface area contributed by atoms with Crippen LogP contribution in [0.5, 0.6) is 5.75 Å². The Labute approximate surface area is 198 Å². The van der Waals surface area contributed by atoms with E-state index in [-0.39, 0.29) is 15.8 Å². The van der Waals surface area contributed by atoms with Crippen molar-refractivity contribution in [1.29, 1.82) is 0 Å². The highest BCUT2D eigenvalue weighted by Gasteiger charge is 2.24. The van der Waals surface area contributed by atoms with Gasteiger partial charge in [-0.25, -0.2) is 8.42 Å². The van der Waals surface area contributed by atoms with Gasteiger partial charge < -0.3 is 20.3 Å². The zero-order valence-electron chi connectivity index (χ0n) is 18.6. The molecule has 0 saturated carbocycles. The minimum Gasteiger partial charge on any atom is -0.435 e. The molecule has 1 aliphatic rings. The molecule has 0 aromatic heterocycles. The summed E-state index contributed by atoms with van der Waals surface area (Å²) >= 11 is 5.44. The predicted octanol–water partition coefficient (Wildman–Crippen LogP) is 4.73. The van der Waals surface area contributed by atoms with E-state index in [0.717, 1.165) is 31.6 Å². The van der Waals surface area contributed by atoms with E-state index in [1.807, 2.05) is 6.07 Å². The highest BCUT2D eigenvalue weighted by atomic mass is 32.2. The normalized spacial score (nSPS) is 14.1. The summed E-state index contributed by atoms with van der Waals surface area (Å²) in [6, 6.07) is 11.0. The summed E-state index contributed by atoms with van der Waals surface area (Å²) in [6.45, 7) is 3.22. The first-order valence-electron chi connectivity index (χ1n) is 10.8. The molecule has 1 saturated heterocycles. The molecule has 7 nitrogen and oxygen atoms in total. The first-order chi connectivity index (χ1) is 15.7. The van der Waals surface area contributed by atoms with Crippen LogP contribution in [0.3, 0.4) is 0 Å². The molecule has 0 atom stereocenters. The maximum Gasteiger partial charge on any atom is 0.387 e. The van der Waals surface area contributed by atoms with Crippen molar-refractivity contribution >= 4 is 44.4 Å². The highest BCUT2D eigenvalue weighted by Crippen LogP contribution is 2.32. The molecule has 0 bridgehead atoms. The van der Waals surface area contributed by atoms with Crippen molar-refractivity contribution in [3.05, 3.63) is 42.5 Å². The number of ether oxygens (including phenoxy) is 1. The van der Waals surface area contributed by atoms with Crippen molar-refractivity contribution in [2.24, 2.45) is 0 Å². The minimum absolute atomic E-state index is 0.0417. The molecule has 2 N–H and O–H groups in total. The number of sulfonamides is 1. The number of rotatable bonds is 9. The van der Waals surface area contributed by atoms with Gasteiger partial charge in [-0.05, 0) is 67.5 Å². The van der Waals surface area contributed by atoms with Gasteiger partial charge in [0.1, 0.15) is 5.75 Å². The average molecular weight is 499 g/mol. The number of nitrogens with zero attached hydrogens (tertiary/aromatic N) is 2. The molecule has 33 heavy (non-hydrogen) atoms. The lowest BCUT2D eigenvalue weighted by Gasteiger charge is -2.24. The molecular formula is C22H28F2N4O3S2. The molecule has 11 heteroatoms. The largest absolute Gasteiger partial charge is 0.435 e. The van der Waals surface area contributed by atoms with Crippen LogP contribution in [-0.4, -0.2) is 50.6 Å². The topological polar surface area (TPSA) is 73.9 Å². The van der Waals surface area contributed by atoms with Crippen LogP contribution in [0.15, 0.2) is 47.4 Å². The number of nitrogens with one attached hydrogen (secondary N) is 2. The van der Waals surface area contributed by atoms with Crippen molar-refractivity contribution in [2.75, 3.05) is 41.7 Å². The van der Waals surface area contributed by atoms with Crippen molar-refractivity contribution in [2.45, 2.75) is 38.2 Å². The van der Waals surface area contributed by atoms with E-state index in [0.29, 0.717) is 24.5 Å². The Bertz CT molecular complexity index is 1060. The van der Waals surface area contributed by atoms with Crippen LogP contribution in [0.4, 0.5) is 25.8 Å². The lowest BCUT2D eigenvalue weighted by molar-refractivity contribution is -0.0498. The number of anilines is 3. The molecule has 0 unspecified atom stereocenters. The SMILES string of the molecule is CCN(CC)S(=O)(=O)c1ccc(N2CCCC2)c(NC(=S)Nc2ccc(OC(F)F)cc2)c1. The fourth-order valence-corrected chi connectivity index (χ4v) is 5.44. The van der Waals surface area contributed by atoms with Crippen molar-refractivity contribution in [1.82, 2.24) is 4.31 Å². The fraction of sp³-hybridized carbons (Fsp3) is 0.409. The quantitative estimate of drug-likeness (QED) is 0.485. The molecule has 0 aliphatic carbocycles. The van der Waals surface area contributed by atoms with Gasteiger partial charge in [-0.15, -0.1) is 0 Å². The second-order valence-corrected chi connectivity index (χ2v) is 9.79. The Balaban J connectivity index is 1.83. The lowest BCUT2D eigenvalue weighted by atomic mass is 10.2. The number of alkyl halides is 2. The maximum absolute atomic E-state index is 13.0. The number of thiocarbonyl (C=S) groups is 1. The van der Waals surface area contributed by atoms with Crippen molar-refractivity contribution < 1.29 is 21.9 Å². The number of hydrogen-bond acceptors (Lipinski definition) is 5. The number of benzene rings is 2. The van der Waals surface area contributed by atoms with E-state index in [2.05, 4.69) is 20.3 Å². The smallest absolute Gasteiger partial charge is 0.387 e. The molecule has 0 radical (unpaired) electrons. The van der Waals surface area contributed by atoms with Gasteiger partial charge in [0.05, 0.1) is 16.3 Å². The Morgan fingerprint density at radius 1 is 1.09 bits per heavy atom.